The molecule has 1 aromatic heterocycles. The molecule has 0 unspecified atom stereocenters. The number of carbonyl (C=O) groups excluding carboxylic acids is 1. The minimum atomic E-state index is -0.0563. The Balaban J connectivity index is 1.70. The second-order valence-electron chi connectivity index (χ2n) is 8.01. The maximum atomic E-state index is 13.5. The molecule has 4 rings (SSSR count). The Morgan fingerprint density at radius 1 is 1.06 bits per heavy atom. The molecular weight excluding hydrogens is 404 g/mol. The fourth-order valence-corrected chi connectivity index (χ4v) is 4.04. The first-order valence-electron chi connectivity index (χ1n) is 11.0. The van der Waals surface area contributed by atoms with E-state index in [9.17, 15) is 4.79 Å². The smallest absolute Gasteiger partial charge is 0.257 e. The first kappa shape index (κ1) is 21.9. The number of likely N-dealkylation sites (N-methyl/N-ethyl adjacent to an activating group) is 1. The van der Waals surface area contributed by atoms with Crippen LogP contribution in [0, 0.1) is 0 Å². The molecule has 32 heavy (non-hydrogen) atoms. The summed E-state index contributed by atoms with van der Waals surface area (Å²) in [6, 6.07) is 15.3. The molecule has 1 aliphatic rings. The SMILES string of the molecule is COc1ccc(-c2nn(-c3ccccc3)cc2C(=O)N(C)CCN2CCCC2)c(OC)c1. The first-order chi connectivity index (χ1) is 15.6. The Bertz CT molecular complexity index is 1060. The monoisotopic (exact) mass is 434 g/mol. The van der Waals surface area contributed by atoms with E-state index in [2.05, 4.69) is 4.90 Å². The highest BCUT2D eigenvalue weighted by Crippen LogP contribution is 2.35. The van der Waals surface area contributed by atoms with Crippen LogP contribution in [-0.4, -0.2) is 72.9 Å². The molecule has 7 heteroatoms. The third-order valence-corrected chi connectivity index (χ3v) is 5.93. The number of hydrogen-bond acceptors (Lipinski definition) is 5. The van der Waals surface area contributed by atoms with Gasteiger partial charge in [-0.3, -0.25) is 4.79 Å². The Hall–Kier alpha value is -3.32. The van der Waals surface area contributed by atoms with E-state index in [0.29, 0.717) is 29.3 Å². The van der Waals surface area contributed by atoms with Crippen LogP contribution >= 0.6 is 0 Å². The summed E-state index contributed by atoms with van der Waals surface area (Å²) in [5.74, 6) is 1.24. The van der Waals surface area contributed by atoms with Gasteiger partial charge in [-0.1, -0.05) is 18.2 Å². The van der Waals surface area contributed by atoms with Gasteiger partial charge in [0, 0.05) is 38.0 Å². The fourth-order valence-electron chi connectivity index (χ4n) is 4.04. The summed E-state index contributed by atoms with van der Waals surface area (Å²) in [4.78, 5) is 17.7. The number of benzene rings is 2. The Morgan fingerprint density at radius 3 is 2.50 bits per heavy atom. The van der Waals surface area contributed by atoms with E-state index in [1.54, 1.807) is 23.8 Å². The minimum Gasteiger partial charge on any atom is -0.497 e. The van der Waals surface area contributed by atoms with Crippen molar-refractivity contribution in [3.05, 3.63) is 60.3 Å². The Morgan fingerprint density at radius 2 is 1.81 bits per heavy atom. The summed E-state index contributed by atoms with van der Waals surface area (Å²) in [7, 11) is 5.08. The molecule has 0 radical (unpaired) electrons. The minimum absolute atomic E-state index is 0.0563. The molecule has 0 bridgehead atoms. The zero-order valence-corrected chi connectivity index (χ0v) is 19.0. The van der Waals surface area contributed by atoms with Crippen molar-refractivity contribution in [1.29, 1.82) is 0 Å². The van der Waals surface area contributed by atoms with Crippen LogP contribution < -0.4 is 9.47 Å². The van der Waals surface area contributed by atoms with Crippen LogP contribution in [-0.2, 0) is 0 Å². The molecule has 1 aliphatic heterocycles. The average Bonchev–Trinajstić information content (AvgIpc) is 3.52. The van der Waals surface area contributed by atoms with Crippen molar-refractivity contribution in [2.75, 3.05) is 47.4 Å². The number of amides is 1. The van der Waals surface area contributed by atoms with Gasteiger partial charge < -0.3 is 19.3 Å². The molecule has 2 aromatic carbocycles. The maximum Gasteiger partial charge on any atom is 0.257 e. The van der Waals surface area contributed by atoms with Crippen LogP contribution in [0.15, 0.2) is 54.7 Å². The molecule has 0 spiro atoms. The first-order valence-corrected chi connectivity index (χ1v) is 11.0. The summed E-state index contributed by atoms with van der Waals surface area (Å²) in [5.41, 5.74) is 2.77. The van der Waals surface area contributed by atoms with E-state index in [1.807, 2.05) is 61.8 Å². The fraction of sp³-hybridized carbons (Fsp3) is 0.360. The van der Waals surface area contributed by atoms with E-state index in [4.69, 9.17) is 14.6 Å². The summed E-state index contributed by atoms with van der Waals surface area (Å²) in [5, 5.41) is 4.79. The average molecular weight is 435 g/mol. The van der Waals surface area contributed by atoms with E-state index in [-0.39, 0.29) is 5.91 Å². The van der Waals surface area contributed by atoms with Crippen molar-refractivity contribution in [3.8, 4) is 28.4 Å². The van der Waals surface area contributed by atoms with Crippen LogP contribution in [0.2, 0.25) is 0 Å². The summed E-state index contributed by atoms with van der Waals surface area (Å²) < 4.78 is 12.7. The summed E-state index contributed by atoms with van der Waals surface area (Å²) in [6.45, 7) is 3.79. The quantitative estimate of drug-likeness (QED) is 0.541. The van der Waals surface area contributed by atoms with E-state index >= 15 is 0 Å². The zero-order valence-electron chi connectivity index (χ0n) is 19.0. The van der Waals surface area contributed by atoms with Gasteiger partial charge in [0.25, 0.3) is 5.91 Å². The largest absolute Gasteiger partial charge is 0.497 e. The van der Waals surface area contributed by atoms with Gasteiger partial charge in [0.1, 0.15) is 17.2 Å². The van der Waals surface area contributed by atoms with Crippen LogP contribution in [0.4, 0.5) is 0 Å². The van der Waals surface area contributed by atoms with Crippen LogP contribution in [0.3, 0.4) is 0 Å². The predicted octanol–water partition coefficient (Wildman–Crippen LogP) is 3.72. The van der Waals surface area contributed by atoms with Gasteiger partial charge in [-0.15, -0.1) is 0 Å². The lowest BCUT2D eigenvalue weighted by molar-refractivity contribution is 0.0783. The highest BCUT2D eigenvalue weighted by Gasteiger charge is 2.24. The number of nitrogens with zero attached hydrogens (tertiary/aromatic N) is 4. The molecule has 0 aliphatic carbocycles. The van der Waals surface area contributed by atoms with Gasteiger partial charge in [-0.05, 0) is 50.2 Å². The molecule has 3 aromatic rings. The lowest BCUT2D eigenvalue weighted by Gasteiger charge is -2.21. The number of carbonyl (C=O) groups is 1. The van der Waals surface area contributed by atoms with Gasteiger partial charge in [0.15, 0.2) is 0 Å². The lowest BCUT2D eigenvalue weighted by atomic mass is 10.1. The van der Waals surface area contributed by atoms with Crippen LogP contribution in [0.25, 0.3) is 16.9 Å². The van der Waals surface area contributed by atoms with Crippen molar-refractivity contribution >= 4 is 5.91 Å². The molecule has 1 fully saturated rings. The highest BCUT2D eigenvalue weighted by atomic mass is 16.5. The molecule has 7 nitrogen and oxygen atoms in total. The lowest BCUT2D eigenvalue weighted by Crippen LogP contribution is -2.35. The van der Waals surface area contributed by atoms with Gasteiger partial charge in [-0.2, -0.15) is 5.10 Å². The van der Waals surface area contributed by atoms with Gasteiger partial charge in [-0.25, -0.2) is 4.68 Å². The third kappa shape index (κ3) is 4.62. The van der Waals surface area contributed by atoms with E-state index < -0.39 is 0 Å². The highest BCUT2D eigenvalue weighted by molar-refractivity contribution is 6.00. The summed E-state index contributed by atoms with van der Waals surface area (Å²) >= 11 is 0. The van der Waals surface area contributed by atoms with Crippen molar-refractivity contribution in [1.82, 2.24) is 19.6 Å². The third-order valence-electron chi connectivity index (χ3n) is 5.93. The van der Waals surface area contributed by atoms with Crippen molar-refractivity contribution in [2.45, 2.75) is 12.8 Å². The predicted molar refractivity (Wildman–Crippen MR) is 125 cm³/mol. The number of para-hydroxylation sites is 1. The second-order valence-corrected chi connectivity index (χ2v) is 8.01. The number of methoxy groups -OCH3 is 2. The van der Waals surface area contributed by atoms with Crippen LogP contribution in [0.1, 0.15) is 23.2 Å². The maximum absolute atomic E-state index is 13.5. The standard InChI is InChI=1S/C25H30N4O3/c1-27(15-16-28-13-7-8-14-28)25(30)22-18-29(19-9-5-4-6-10-19)26-24(22)21-12-11-20(31-2)17-23(21)32-3/h4-6,9-12,17-18H,7-8,13-16H2,1-3H3. The Kier molecular flexibility index (Phi) is 6.75. The number of aromatic nitrogens is 2. The Labute approximate surface area is 189 Å². The molecule has 0 N–H and O–H groups in total. The zero-order chi connectivity index (χ0) is 22.5. The number of hydrogen-bond donors (Lipinski definition) is 0. The van der Waals surface area contributed by atoms with E-state index in [1.165, 1.54) is 12.8 Å². The molecule has 2 heterocycles. The molecule has 0 saturated carbocycles. The van der Waals surface area contributed by atoms with Crippen molar-refractivity contribution < 1.29 is 14.3 Å². The van der Waals surface area contributed by atoms with Crippen molar-refractivity contribution in [2.24, 2.45) is 0 Å². The van der Waals surface area contributed by atoms with E-state index in [0.717, 1.165) is 30.9 Å². The van der Waals surface area contributed by atoms with Crippen LogP contribution in [0.5, 0.6) is 11.5 Å². The molecule has 0 atom stereocenters. The topological polar surface area (TPSA) is 59.8 Å². The summed E-state index contributed by atoms with van der Waals surface area (Å²) in [6.07, 6.45) is 4.29. The number of ether oxygens (including phenoxy) is 2. The van der Waals surface area contributed by atoms with Crippen molar-refractivity contribution in [3.63, 3.8) is 0 Å². The molecular formula is C25H30N4O3. The van der Waals surface area contributed by atoms with Gasteiger partial charge >= 0.3 is 0 Å². The second kappa shape index (κ2) is 9.87. The van der Waals surface area contributed by atoms with Gasteiger partial charge in [0.05, 0.1) is 25.5 Å². The number of likely N-dealkylation sites (tertiary alicyclic amines) is 1. The number of rotatable bonds is 8. The van der Waals surface area contributed by atoms with Gasteiger partial charge in [0.2, 0.25) is 0 Å². The molecule has 1 saturated heterocycles. The molecule has 168 valence electrons. The molecule has 1 amide bonds. The normalized spacial score (nSPS) is 13.8.